The third kappa shape index (κ3) is 4.20. The van der Waals surface area contributed by atoms with Gasteiger partial charge in [-0.2, -0.15) is 0 Å². The summed E-state index contributed by atoms with van der Waals surface area (Å²) < 4.78 is 0. The monoisotopic (exact) mass is 399 g/mol. The van der Waals surface area contributed by atoms with Crippen LogP contribution in [0, 0.1) is 5.41 Å². The third-order valence-corrected chi connectivity index (χ3v) is 5.53. The van der Waals surface area contributed by atoms with Crippen LogP contribution in [0.4, 0.5) is 5.69 Å². The van der Waals surface area contributed by atoms with E-state index < -0.39 is 0 Å². The van der Waals surface area contributed by atoms with E-state index in [1.165, 1.54) is 5.69 Å². The minimum Gasteiger partial charge on any atom is -0.368 e. The average molecular weight is 400 g/mol. The Kier molecular flexibility index (Phi) is 6.25. The molecule has 0 unspecified atom stereocenters. The maximum Gasteiger partial charge on any atom is 0.100 e. The summed E-state index contributed by atoms with van der Waals surface area (Å²) in [6, 6.07) is 22.8. The molecule has 1 aliphatic rings. The van der Waals surface area contributed by atoms with Crippen molar-refractivity contribution in [1.82, 2.24) is 4.90 Å². The zero-order chi connectivity index (χ0) is 17.9. The van der Waals surface area contributed by atoms with Gasteiger partial charge in [-0.1, -0.05) is 66.2 Å². The van der Waals surface area contributed by atoms with Crippen molar-refractivity contribution in [3.05, 3.63) is 77.3 Å². The van der Waals surface area contributed by atoms with E-state index in [0.717, 1.165) is 47.5 Å². The van der Waals surface area contributed by atoms with E-state index in [2.05, 4.69) is 52.3 Å². The van der Waals surface area contributed by atoms with Gasteiger partial charge in [-0.3, -0.25) is 5.41 Å². The van der Waals surface area contributed by atoms with Crippen LogP contribution in [0.5, 0.6) is 0 Å². The SMILES string of the molecule is Cl.N=C(Cc1ccc2ccccc2c1Cl)N1CCN(c2ccccc2)CC1. The summed E-state index contributed by atoms with van der Waals surface area (Å²) in [5, 5.41) is 11.5. The lowest BCUT2D eigenvalue weighted by Crippen LogP contribution is -2.49. The van der Waals surface area contributed by atoms with Crippen LogP contribution in [-0.4, -0.2) is 36.9 Å². The molecule has 4 rings (SSSR count). The lowest BCUT2D eigenvalue weighted by molar-refractivity contribution is 0.378. The van der Waals surface area contributed by atoms with E-state index >= 15 is 0 Å². The zero-order valence-electron chi connectivity index (χ0n) is 15.1. The van der Waals surface area contributed by atoms with Gasteiger partial charge in [0.1, 0.15) is 5.84 Å². The van der Waals surface area contributed by atoms with E-state index in [1.54, 1.807) is 0 Å². The number of nitrogens with zero attached hydrogens (tertiary/aromatic N) is 2. The van der Waals surface area contributed by atoms with Crippen LogP contribution in [0.25, 0.3) is 10.8 Å². The second-order valence-corrected chi connectivity index (χ2v) is 7.07. The van der Waals surface area contributed by atoms with Gasteiger partial charge in [0.05, 0.1) is 5.02 Å². The molecule has 1 saturated heterocycles. The summed E-state index contributed by atoms with van der Waals surface area (Å²) in [7, 11) is 0. The Bertz CT molecular complexity index is 919. The van der Waals surface area contributed by atoms with Crippen molar-refractivity contribution in [3.8, 4) is 0 Å². The van der Waals surface area contributed by atoms with E-state index in [1.807, 2.05) is 24.3 Å². The smallest absolute Gasteiger partial charge is 0.100 e. The molecule has 0 aromatic heterocycles. The Hall–Kier alpha value is -2.23. The van der Waals surface area contributed by atoms with Gasteiger partial charge in [0.15, 0.2) is 0 Å². The standard InChI is InChI=1S/C22H22ClN3.ClH/c23-22-18(11-10-17-6-4-5-9-20(17)22)16-21(24)26-14-12-25(13-15-26)19-7-2-1-3-8-19;/h1-11,24H,12-16H2;1H. The Labute approximate surface area is 171 Å². The molecule has 27 heavy (non-hydrogen) atoms. The number of nitrogens with one attached hydrogen (secondary N) is 1. The lowest BCUT2D eigenvalue weighted by atomic mass is 10.0. The first-order valence-corrected chi connectivity index (χ1v) is 9.38. The number of piperazine rings is 1. The number of hydrogen-bond donors (Lipinski definition) is 1. The largest absolute Gasteiger partial charge is 0.368 e. The molecule has 0 bridgehead atoms. The topological polar surface area (TPSA) is 30.3 Å². The highest BCUT2D eigenvalue weighted by molar-refractivity contribution is 6.36. The summed E-state index contributed by atoms with van der Waals surface area (Å²) in [6.07, 6.45) is 0.578. The number of halogens is 2. The number of rotatable bonds is 3. The fourth-order valence-electron chi connectivity index (χ4n) is 3.58. The molecular formula is C22H23Cl2N3. The van der Waals surface area contributed by atoms with Crippen molar-refractivity contribution in [2.45, 2.75) is 6.42 Å². The molecule has 0 amide bonds. The highest BCUT2D eigenvalue weighted by atomic mass is 35.5. The van der Waals surface area contributed by atoms with Crippen molar-refractivity contribution in [2.24, 2.45) is 0 Å². The molecule has 3 nitrogen and oxygen atoms in total. The quantitative estimate of drug-likeness (QED) is 0.480. The number of para-hydroxylation sites is 1. The molecule has 1 fully saturated rings. The molecule has 5 heteroatoms. The number of amidine groups is 1. The Morgan fingerprint density at radius 3 is 2.26 bits per heavy atom. The molecule has 0 atom stereocenters. The van der Waals surface area contributed by atoms with Crippen LogP contribution in [0.15, 0.2) is 66.7 Å². The maximum absolute atomic E-state index is 8.54. The normalized spacial score (nSPS) is 14.1. The maximum atomic E-state index is 8.54. The fourth-order valence-corrected chi connectivity index (χ4v) is 3.88. The van der Waals surface area contributed by atoms with Gasteiger partial charge in [0.2, 0.25) is 0 Å². The van der Waals surface area contributed by atoms with Gasteiger partial charge < -0.3 is 9.80 Å². The summed E-state index contributed by atoms with van der Waals surface area (Å²) in [5.41, 5.74) is 2.29. The lowest BCUT2D eigenvalue weighted by Gasteiger charge is -2.37. The summed E-state index contributed by atoms with van der Waals surface area (Å²) >= 11 is 6.60. The molecule has 1 aliphatic heterocycles. The van der Waals surface area contributed by atoms with Gasteiger partial charge in [-0.15, -0.1) is 12.4 Å². The molecular weight excluding hydrogens is 377 g/mol. The van der Waals surface area contributed by atoms with Crippen LogP contribution in [-0.2, 0) is 6.42 Å². The number of benzene rings is 3. The van der Waals surface area contributed by atoms with Crippen LogP contribution in [0.3, 0.4) is 0 Å². The minimum atomic E-state index is 0. The first-order valence-electron chi connectivity index (χ1n) is 9.01. The first kappa shape index (κ1) is 19.5. The van der Waals surface area contributed by atoms with Crippen LogP contribution >= 0.6 is 24.0 Å². The predicted molar refractivity (Wildman–Crippen MR) is 118 cm³/mol. The molecule has 3 aromatic rings. The third-order valence-electron chi connectivity index (χ3n) is 5.08. The van der Waals surface area contributed by atoms with Crippen molar-refractivity contribution in [3.63, 3.8) is 0 Å². The van der Waals surface area contributed by atoms with Gasteiger partial charge in [-0.05, 0) is 23.1 Å². The Morgan fingerprint density at radius 2 is 1.52 bits per heavy atom. The number of fused-ring (bicyclic) bond motifs is 1. The molecule has 0 radical (unpaired) electrons. The fraction of sp³-hybridized carbons (Fsp3) is 0.227. The van der Waals surface area contributed by atoms with Crippen molar-refractivity contribution in [2.75, 3.05) is 31.1 Å². The van der Waals surface area contributed by atoms with E-state index in [4.69, 9.17) is 17.0 Å². The van der Waals surface area contributed by atoms with E-state index in [9.17, 15) is 0 Å². The highest BCUT2D eigenvalue weighted by Crippen LogP contribution is 2.28. The van der Waals surface area contributed by atoms with E-state index in [-0.39, 0.29) is 12.4 Å². The average Bonchev–Trinajstić information content (AvgIpc) is 2.71. The van der Waals surface area contributed by atoms with E-state index in [0.29, 0.717) is 12.3 Å². The minimum absolute atomic E-state index is 0. The van der Waals surface area contributed by atoms with Crippen molar-refractivity contribution < 1.29 is 0 Å². The Morgan fingerprint density at radius 1 is 0.852 bits per heavy atom. The second kappa shape index (κ2) is 8.64. The highest BCUT2D eigenvalue weighted by Gasteiger charge is 2.20. The van der Waals surface area contributed by atoms with Gasteiger partial charge in [0.25, 0.3) is 0 Å². The second-order valence-electron chi connectivity index (χ2n) is 6.69. The van der Waals surface area contributed by atoms with Crippen LogP contribution in [0.1, 0.15) is 5.56 Å². The number of hydrogen-bond acceptors (Lipinski definition) is 2. The van der Waals surface area contributed by atoms with Crippen molar-refractivity contribution in [1.29, 1.82) is 5.41 Å². The summed E-state index contributed by atoms with van der Waals surface area (Å²) in [6.45, 7) is 3.63. The van der Waals surface area contributed by atoms with Crippen LogP contribution in [0.2, 0.25) is 5.02 Å². The molecule has 0 aliphatic carbocycles. The molecule has 140 valence electrons. The van der Waals surface area contributed by atoms with Gasteiger partial charge >= 0.3 is 0 Å². The van der Waals surface area contributed by atoms with Gasteiger partial charge in [0, 0.05) is 43.7 Å². The van der Waals surface area contributed by atoms with Crippen LogP contribution < -0.4 is 4.90 Å². The zero-order valence-corrected chi connectivity index (χ0v) is 16.6. The van der Waals surface area contributed by atoms with Crippen molar-refractivity contribution >= 4 is 46.3 Å². The summed E-state index contributed by atoms with van der Waals surface area (Å²) in [5.74, 6) is 0.648. The first-order chi connectivity index (χ1) is 12.7. The molecule has 0 saturated carbocycles. The summed E-state index contributed by atoms with van der Waals surface area (Å²) in [4.78, 5) is 4.55. The molecule has 1 N–H and O–H groups in total. The molecule has 0 spiro atoms. The molecule has 3 aromatic carbocycles. The number of anilines is 1. The molecule has 1 heterocycles. The predicted octanol–water partition coefficient (Wildman–Crippen LogP) is 5.26. The van der Waals surface area contributed by atoms with Gasteiger partial charge in [-0.25, -0.2) is 0 Å². The Balaban J connectivity index is 0.00000210.